The van der Waals surface area contributed by atoms with Crippen molar-refractivity contribution in [3.63, 3.8) is 0 Å². The van der Waals surface area contributed by atoms with Crippen LogP contribution in [0, 0.1) is 19.7 Å². The zero-order valence-electron chi connectivity index (χ0n) is 18.4. The lowest BCUT2D eigenvalue weighted by molar-refractivity contribution is -0.124. The van der Waals surface area contributed by atoms with Crippen molar-refractivity contribution in [1.82, 2.24) is 5.06 Å². The molecule has 1 heterocycles. The molecule has 0 amide bonds. The predicted molar refractivity (Wildman–Crippen MR) is 128 cm³/mol. The number of hydrogen-bond acceptors (Lipinski definition) is 2. The molecule has 0 aromatic heterocycles. The van der Waals surface area contributed by atoms with Crippen LogP contribution in [0.3, 0.4) is 0 Å². The smallest absolute Gasteiger partial charge is 0.252 e. The molecular formula is C26H27FN4O. The molecule has 4 rings (SSSR count). The predicted octanol–water partition coefficient (Wildman–Crippen LogP) is 6.02. The number of aliphatic imine (C=N–C) groups is 2. The van der Waals surface area contributed by atoms with Crippen LogP contribution in [0.15, 0.2) is 82.8 Å². The van der Waals surface area contributed by atoms with Crippen LogP contribution in [-0.4, -0.2) is 30.0 Å². The minimum Gasteiger partial charge on any atom is -0.340 e. The van der Waals surface area contributed by atoms with Gasteiger partial charge in [0.2, 0.25) is 0 Å². The van der Waals surface area contributed by atoms with Crippen LogP contribution < -0.4 is 5.32 Å². The number of hydrogen-bond donors (Lipinski definition) is 1. The summed E-state index contributed by atoms with van der Waals surface area (Å²) >= 11 is 0. The van der Waals surface area contributed by atoms with E-state index in [1.54, 1.807) is 17.2 Å². The first-order chi connectivity index (χ1) is 15.6. The molecule has 5 nitrogen and oxygen atoms in total. The SMILES string of the molecule is Cc1cccc(C)c1/C(=N/C(=Nc1ccccc1)N1CCCCO1)Nc1ccc(F)cc1. The summed E-state index contributed by atoms with van der Waals surface area (Å²) in [6, 6.07) is 22.1. The second-order valence-electron chi connectivity index (χ2n) is 7.75. The Morgan fingerprint density at radius 1 is 0.906 bits per heavy atom. The number of rotatable bonds is 3. The highest BCUT2D eigenvalue weighted by Crippen LogP contribution is 2.20. The molecule has 0 aliphatic carbocycles. The third kappa shape index (κ3) is 5.39. The number of benzene rings is 3. The second-order valence-corrected chi connectivity index (χ2v) is 7.75. The molecule has 3 aromatic carbocycles. The minimum absolute atomic E-state index is 0.283. The summed E-state index contributed by atoms with van der Waals surface area (Å²) in [4.78, 5) is 15.7. The molecule has 0 unspecified atom stereocenters. The topological polar surface area (TPSA) is 49.2 Å². The van der Waals surface area contributed by atoms with E-state index in [1.807, 2.05) is 36.4 Å². The summed E-state index contributed by atoms with van der Waals surface area (Å²) in [7, 11) is 0. The van der Waals surface area contributed by atoms with Crippen LogP contribution in [-0.2, 0) is 4.84 Å². The number of hydroxylamine groups is 2. The van der Waals surface area contributed by atoms with Gasteiger partial charge in [-0.1, -0.05) is 36.4 Å². The van der Waals surface area contributed by atoms with Crippen molar-refractivity contribution in [1.29, 1.82) is 0 Å². The molecule has 1 aliphatic heterocycles. The standard InChI is InChI=1S/C26H27FN4O/c1-19-9-8-10-20(2)24(19)25(28-23-15-13-21(27)14-16-23)30-26(31-17-6-7-18-32-31)29-22-11-4-3-5-12-22/h3-5,8-16H,6-7,17-18H2,1-2H3,(H,28,29,30). The molecule has 1 fully saturated rings. The van der Waals surface area contributed by atoms with E-state index < -0.39 is 0 Å². The Balaban J connectivity index is 1.82. The maximum Gasteiger partial charge on any atom is 0.252 e. The van der Waals surface area contributed by atoms with E-state index in [4.69, 9.17) is 14.8 Å². The molecule has 32 heavy (non-hydrogen) atoms. The van der Waals surface area contributed by atoms with Crippen molar-refractivity contribution in [2.45, 2.75) is 26.7 Å². The molecule has 3 aromatic rings. The Hall–Kier alpha value is -3.51. The molecule has 0 atom stereocenters. The zero-order valence-corrected chi connectivity index (χ0v) is 18.4. The second kappa shape index (κ2) is 10.2. The molecule has 0 spiro atoms. The summed E-state index contributed by atoms with van der Waals surface area (Å²) in [5.41, 5.74) is 4.68. The Morgan fingerprint density at radius 3 is 2.28 bits per heavy atom. The third-order valence-electron chi connectivity index (χ3n) is 5.25. The minimum atomic E-state index is -0.283. The van der Waals surface area contributed by atoms with Crippen LogP contribution in [0.2, 0.25) is 0 Å². The van der Waals surface area contributed by atoms with E-state index in [0.717, 1.165) is 40.9 Å². The molecule has 1 N–H and O–H groups in total. The van der Waals surface area contributed by atoms with Gasteiger partial charge in [0.25, 0.3) is 5.96 Å². The lowest BCUT2D eigenvalue weighted by atomic mass is 10.0. The normalized spacial score (nSPS) is 15.0. The fraction of sp³-hybridized carbons (Fsp3) is 0.231. The highest BCUT2D eigenvalue weighted by atomic mass is 19.1. The van der Waals surface area contributed by atoms with Crippen LogP contribution in [0.1, 0.15) is 29.5 Å². The van der Waals surface area contributed by atoms with Gasteiger partial charge >= 0.3 is 0 Å². The van der Waals surface area contributed by atoms with Gasteiger partial charge in [-0.05, 0) is 74.2 Å². The molecule has 164 valence electrons. The van der Waals surface area contributed by atoms with Crippen molar-refractivity contribution in [3.05, 3.63) is 95.3 Å². The van der Waals surface area contributed by atoms with Crippen molar-refractivity contribution < 1.29 is 9.23 Å². The average molecular weight is 431 g/mol. The van der Waals surface area contributed by atoms with Crippen molar-refractivity contribution in [3.8, 4) is 0 Å². The largest absolute Gasteiger partial charge is 0.340 e. The number of nitrogens with one attached hydrogen (secondary N) is 1. The van der Waals surface area contributed by atoms with Gasteiger partial charge in [-0.15, -0.1) is 0 Å². The maximum absolute atomic E-state index is 13.5. The molecule has 0 radical (unpaired) electrons. The molecule has 1 aliphatic rings. The van der Waals surface area contributed by atoms with E-state index in [-0.39, 0.29) is 5.82 Å². The molecule has 0 saturated carbocycles. The van der Waals surface area contributed by atoms with Crippen LogP contribution in [0.25, 0.3) is 0 Å². The van der Waals surface area contributed by atoms with Crippen LogP contribution in [0.4, 0.5) is 15.8 Å². The summed E-state index contributed by atoms with van der Waals surface area (Å²) in [6.45, 7) is 5.45. The van der Waals surface area contributed by atoms with Gasteiger partial charge in [-0.2, -0.15) is 4.99 Å². The van der Waals surface area contributed by atoms with E-state index in [2.05, 4.69) is 31.3 Å². The number of guanidine groups is 1. The van der Waals surface area contributed by atoms with E-state index in [9.17, 15) is 4.39 Å². The van der Waals surface area contributed by atoms with Gasteiger partial charge in [0, 0.05) is 17.8 Å². The first-order valence-electron chi connectivity index (χ1n) is 10.8. The van der Waals surface area contributed by atoms with E-state index in [1.165, 1.54) is 12.1 Å². The number of aryl methyl sites for hydroxylation is 2. The van der Waals surface area contributed by atoms with Gasteiger partial charge < -0.3 is 5.32 Å². The highest BCUT2D eigenvalue weighted by Gasteiger charge is 2.19. The Morgan fingerprint density at radius 2 is 1.62 bits per heavy atom. The van der Waals surface area contributed by atoms with Gasteiger partial charge in [-0.3, -0.25) is 4.84 Å². The monoisotopic (exact) mass is 430 g/mol. The lowest BCUT2D eigenvalue weighted by Crippen LogP contribution is -2.36. The fourth-order valence-electron chi connectivity index (χ4n) is 3.61. The summed E-state index contributed by atoms with van der Waals surface area (Å²) < 4.78 is 13.5. The first-order valence-corrected chi connectivity index (χ1v) is 10.8. The highest BCUT2D eigenvalue weighted by molar-refractivity contribution is 6.14. The van der Waals surface area contributed by atoms with Crippen molar-refractivity contribution in [2.24, 2.45) is 9.98 Å². The zero-order chi connectivity index (χ0) is 22.3. The number of amidine groups is 1. The van der Waals surface area contributed by atoms with E-state index >= 15 is 0 Å². The third-order valence-corrected chi connectivity index (χ3v) is 5.25. The fourth-order valence-corrected chi connectivity index (χ4v) is 3.61. The molecule has 1 saturated heterocycles. The number of nitrogens with zero attached hydrogens (tertiary/aromatic N) is 3. The summed E-state index contributed by atoms with van der Waals surface area (Å²) in [5, 5.41) is 5.14. The summed E-state index contributed by atoms with van der Waals surface area (Å²) in [5.74, 6) is 0.827. The Kier molecular flexibility index (Phi) is 6.92. The van der Waals surface area contributed by atoms with Gasteiger partial charge in [-0.25, -0.2) is 14.4 Å². The Bertz CT molecular complexity index is 1080. The molecular weight excluding hydrogens is 403 g/mol. The van der Waals surface area contributed by atoms with Gasteiger partial charge in [0.1, 0.15) is 11.7 Å². The van der Waals surface area contributed by atoms with Gasteiger partial charge in [0.15, 0.2) is 0 Å². The van der Waals surface area contributed by atoms with Crippen molar-refractivity contribution in [2.75, 3.05) is 18.5 Å². The molecule has 6 heteroatoms. The number of anilines is 1. The van der Waals surface area contributed by atoms with Crippen LogP contribution in [0.5, 0.6) is 0 Å². The van der Waals surface area contributed by atoms with E-state index in [0.29, 0.717) is 24.9 Å². The molecule has 0 bridgehead atoms. The van der Waals surface area contributed by atoms with Crippen LogP contribution >= 0.6 is 0 Å². The Labute approximate surface area is 188 Å². The maximum atomic E-state index is 13.5. The summed E-state index contributed by atoms with van der Waals surface area (Å²) in [6.07, 6.45) is 2.02. The number of halogens is 1. The first kappa shape index (κ1) is 21.7. The van der Waals surface area contributed by atoms with Gasteiger partial charge in [0.05, 0.1) is 12.3 Å². The quantitative estimate of drug-likeness (QED) is 0.409. The van der Waals surface area contributed by atoms with Crippen molar-refractivity contribution >= 4 is 23.2 Å². The lowest BCUT2D eigenvalue weighted by Gasteiger charge is -2.27. The number of para-hydroxylation sites is 1. The average Bonchev–Trinajstić information content (AvgIpc) is 2.81.